The fourth-order valence-electron chi connectivity index (χ4n) is 4.23. The summed E-state index contributed by atoms with van der Waals surface area (Å²) in [6.45, 7) is 4.76. The molecule has 1 saturated heterocycles. The van der Waals surface area contributed by atoms with Crippen molar-refractivity contribution in [3.63, 3.8) is 0 Å². The Kier molecular flexibility index (Phi) is 6.66. The summed E-state index contributed by atoms with van der Waals surface area (Å²) in [7, 11) is 0. The SMILES string of the molecule is CC(=O)NC(=O)c1cnc(N2CCNCC2)c(Nc2ccccc2)c1NC1CCCC1. The lowest BCUT2D eigenvalue weighted by atomic mass is 10.1. The van der Waals surface area contributed by atoms with Gasteiger partial charge in [0.05, 0.1) is 11.3 Å². The van der Waals surface area contributed by atoms with Crippen molar-refractivity contribution in [3.05, 3.63) is 42.1 Å². The van der Waals surface area contributed by atoms with Crippen molar-refractivity contribution in [1.82, 2.24) is 15.6 Å². The number of pyridine rings is 1. The van der Waals surface area contributed by atoms with E-state index >= 15 is 0 Å². The van der Waals surface area contributed by atoms with Gasteiger partial charge < -0.3 is 20.9 Å². The molecule has 2 fully saturated rings. The molecule has 2 amide bonds. The van der Waals surface area contributed by atoms with Crippen molar-refractivity contribution >= 4 is 34.7 Å². The van der Waals surface area contributed by atoms with Crippen LogP contribution in [0.2, 0.25) is 0 Å². The van der Waals surface area contributed by atoms with Gasteiger partial charge in [-0.1, -0.05) is 31.0 Å². The average molecular weight is 423 g/mol. The van der Waals surface area contributed by atoms with Crippen molar-refractivity contribution in [2.75, 3.05) is 41.7 Å². The number of aromatic nitrogens is 1. The number of piperazine rings is 1. The molecule has 164 valence electrons. The number of amides is 2. The first kappa shape index (κ1) is 21.1. The predicted molar refractivity (Wildman–Crippen MR) is 123 cm³/mol. The molecule has 1 saturated carbocycles. The molecular formula is C23H30N6O2. The Morgan fingerprint density at radius 1 is 1.06 bits per heavy atom. The summed E-state index contributed by atoms with van der Waals surface area (Å²) < 4.78 is 0. The Labute approximate surface area is 182 Å². The standard InChI is InChI=1S/C23H30N6O2/c1-16(30)26-23(31)19-15-25-22(29-13-11-24-12-14-29)21(28-18-7-3-2-4-8-18)20(19)27-17-9-5-6-10-17/h2-4,7-8,15,17,24,28H,5-6,9-14H2,1H3,(H,25,27)(H,26,30,31). The second-order valence-corrected chi connectivity index (χ2v) is 8.11. The normalized spacial score (nSPS) is 16.7. The summed E-state index contributed by atoms with van der Waals surface area (Å²) in [5, 5.41) is 12.9. The minimum absolute atomic E-state index is 0.290. The first-order valence-corrected chi connectivity index (χ1v) is 11.0. The second kappa shape index (κ2) is 9.78. The zero-order valence-corrected chi connectivity index (χ0v) is 17.9. The van der Waals surface area contributed by atoms with Crippen molar-refractivity contribution in [2.45, 2.75) is 38.6 Å². The Balaban J connectivity index is 1.80. The van der Waals surface area contributed by atoms with Crippen LogP contribution in [0.4, 0.5) is 22.9 Å². The smallest absolute Gasteiger partial charge is 0.261 e. The van der Waals surface area contributed by atoms with Gasteiger partial charge in [0.1, 0.15) is 5.69 Å². The first-order chi connectivity index (χ1) is 15.1. The number of anilines is 4. The third kappa shape index (κ3) is 5.14. The number of nitrogens with one attached hydrogen (secondary N) is 4. The molecule has 1 aromatic heterocycles. The highest BCUT2D eigenvalue weighted by Gasteiger charge is 2.26. The van der Waals surface area contributed by atoms with E-state index in [9.17, 15) is 9.59 Å². The molecule has 4 N–H and O–H groups in total. The van der Waals surface area contributed by atoms with Crippen LogP contribution in [0.1, 0.15) is 43.0 Å². The maximum Gasteiger partial charge on any atom is 0.261 e. The zero-order valence-electron chi connectivity index (χ0n) is 17.9. The maximum atomic E-state index is 12.9. The second-order valence-electron chi connectivity index (χ2n) is 8.11. The Hall–Kier alpha value is -3.13. The van der Waals surface area contributed by atoms with Crippen molar-refractivity contribution in [3.8, 4) is 0 Å². The molecule has 31 heavy (non-hydrogen) atoms. The molecule has 2 aromatic rings. The van der Waals surface area contributed by atoms with Gasteiger partial charge in [-0.25, -0.2) is 4.98 Å². The van der Waals surface area contributed by atoms with Crippen molar-refractivity contribution in [1.29, 1.82) is 0 Å². The van der Waals surface area contributed by atoms with E-state index in [0.717, 1.165) is 56.2 Å². The molecule has 2 aliphatic rings. The van der Waals surface area contributed by atoms with Crippen molar-refractivity contribution in [2.24, 2.45) is 0 Å². The molecule has 0 radical (unpaired) electrons. The van der Waals surface area contributed by atoms with Gasteiger partial charge >= 0.3 is 0 Å². The van der Waals surface area contributed by atoms with Crippen LogP contribution in [0.15, 0.2) is 36.5 Å². The van der Waals surface area contributed by atoms with Gasteiger partial charge in [-0.2, -0.15) is 0 Å². The Bertz CT molecular complexity index is 921. The fraction of sp³-hybridized carbons (Fsp3) is 0.435. The number of carbonyl (C=O) groups excluding carboxylic acids is 2. The number of carbonyl (C=O) groups is 2. The highest BCUT2D eigenvalue weighted by molar-refractivity contribution is 6.10. The monoisotopic (exact) mass is 422 g/mol. The topological polar surface area (TPSA) is 98.4 Å². The molecule has 0 unspecified atom stereocenters. The quantitative estimate of drug-likeness (QED) is 0.568. The summed E-state index contributed by atoms with van der Waals surface area (Å²) in [4.78, 5) is 31.4. The zero-order chi connectivity index (χ0) is 21.6. The van der Waals surface area contributed by atoms with Gasteiger partial charge in [-0.3, -0.25) is 14.9 Å². The summed E-state index contributed by atoms with van der Waals surface area (Å²) in [6, 6.07) is 10.2. The van der Waals surface area contributed by atoms with Gasteiger partial charge in [0.25, 0.3) is 5.91 Å². The van der Waals surface area contributed by atoms with Crippen LogP contribution in [-0.2, 0) is 4.79 Å². The minimum atomic E-state index is -0.441. The lowest BCUT2D eigenvalue weighted by molar-refractivity contribution is -0.118. The van der Waals surface area contributed by atoms with E-state index in [0.29, 0.717) is 17.3 Å². The van der Waals surface area contributed by atoms with Gasteiger partial charge in [-0.05, 0) is 25.0 Å². The number of hydrogen-bond donors (Lipinski definition) is 4. The van der Waals surface area contributed by atoms with E-state index in [1.54, 1.807) is 6.20 Å². The molecule has 0 bridgehead atoms. The highest BCUT2D eigenvalue weighted by Crippen LogP contribution is 2.38. The van der Waals surface area contributed by atoms with Crippen LogP contribution >= 0.6 is 0 Å². The number of hydrogen-bond acceptors (Lipinski definition) is 7. The largest absolute Gasteiger partial charge is 0.380 e. The molecule has 8 nitrogen and oxygen atoms in total. The average Bonchev–Trinajstić information content (AvgIpc) is 3.29. The highest BCUT2D eigenvalue weighted by atomic mass is 16.2. The molecule has 1 aromatic carbocycles. The third-order valence-corrected chi connectivity index (χ3v) is 5.76. The number of rotatable bonds is 6. The van der Waals surface area contributed by atoms with Crippen LogP contribution in [0, 0.1) is 0 Å². The van der Waals surface area contributed by atoms with E-state index in [1.165, 1.54) is 19.8 Å². The van der Waals surface area contributed by atoms with Crippen LogP contribution in [0.3, 0.4) is 0 Å². The Morgan fingerprint density at radius 2 is 1.77 bits per heavy atom. The van der Waals surface area contributed by atoms with Gasteiger partial charge in [0, 0.05) is 51.0 Å². The van der Waals surface area contributed by atoms with E-state index < -0.39 is 5.91 Å². The minimum Gasteiger partial charge on any atom is -0.380 e. The fourth-order valence-corrected chi connectivity index (χ4v) is 4.23. The summed E-state index contributed by atoms with van der Waals surface area (Å²) >= 11 is 0. The van der Waals surface area contributed by atoms with Crippen LogP contribution < -0.4 is 26.2 Å². The summed E-state index contributed by atoms with van der Waals surface area (Å²) in [5.74, 6) is -0.0192. The maximum absolute atomic E-state index is 12.9. The lowest BCUT2D eigenvalue weighted by Crippen LogP contribution is -2.44. The van der Waals surface area contributed by atoms with E-state index in [-0.39, 0.29) is 5.91 Å². The van der Waals surface area contributed by atoms with Gasteiger partial charge in [-0.15, -0.1) is 0 Å². The predicted octanol–water partition coefficient (Wildman–Crippen LogP) is 2.87. The molecule has 8 heteroatoms. The van der Waals surface area contributed by atoms with Gasteiger partial charge in [0.2, 0.25) is 5.91 Å². The van der Waals surface area contributed by atoms with E-state index in [1.807, 2.05) is 30.3 Å². The first-order valence-electron chi connectivity index (χ1n) is 11.0. The molecule has 4 rings (SSSR count). The number of benzene rings is 1. The molecule has 1 aliphatic heterocycles. The van der Waals surface area contributed by atoms with Crippen LogP contribution in [-0.4, -0.2) is 49.0 Å². The summed E-state index contributed by atoms with van der Waals surface area (Å²) in [6.07, 6.45) is 6.05. The van der Waals surface area contributed by atoms with E-state index in [4.69, 9.17) is 0 Å². The van der Waals surface area contributed by atoms with Crippen molar-refractivity contribution < 1.29 is 9.59 Å². The summed E-state index contributed by atoms with van der Waals surface area (Å²) in [5.41, 5.74) is 2.77. The van der Waals surface area contributed by atoms with E-state index in [2.05, 4.69) is 31.2 Å². The number of para-hydroxylation sites is 1. The van der Waals surface area contributed by atoms with Gasteiger partial charge in [0.15, 0.2) is 5.82 Å². The molecule has 0 atom stereocenters. The lowest BCUT2D eigenvalue weighted by Gasteiger charge is -2.32. The molecule has 1 aliphatic carbocycles. The molecule has 2 heterocycles. The third-order valence-electron chi connectivity index (χ3n) is 5.76. The Morgan fingerprint density at radius 3 is 2.45 bits per heavy atom. The van der Waals surface area contributed by atoms with Crippen LogP contribution in [0.5, 0.6) is 0 Å². The number of imide groups is 1. The molecular weight excluding hydrogens is 392 g/mol. The molecule has 0 spiro atoms. The number of nitrogens with zero attached hydrogens (tertiary/aromatic N) is 2. The van der Waals surface area contributed by atoms with Crippen LogP contribution in [0.25, 0.3) is 0 Å².